The van der Waals surface area contributed by atoms with Crippen molar-refractivity contribution in [3.05, 3.63) is 30.3 Å². The van der Waals surface area contributed by atoms with Crippen LogP contribution in [0.1, 0.15) is 44.9 Å². The van der Waals surface area contributed by atoms with Gasteiger partial charge in [-0.15, -0.1) is 0 Å². The average molecular weight is 289 g/mol. The van der Waals surface area contributed by atoms with Crippen LogP contribution in [0.5, 0.6) is 5.75 Å². The molecule has 1 unspecified atom stereocenters. The molecular formula is C18H27NO2. The Kier molecular flexibility index (Phi) is 5.15. The van der Waals surface area contributed by atoms with Crippen LogP contribution < -0.4 is 10.1 Å². The third-order valence-electron chi connectivity index (χ3n) is 4.80. The largest absolute Gasteiger partial charge is 0.492 e. The van der Waals surface area contributed by atoms with Gasteiger partial charge in [-0.05, 0) is 37.8 Å². The molecule has 2 fully saturated rings. The SMILES string of the molecule is c1ccc(OCCNC2CCOC3(CCCCC3)C2)cc1. The van der Waals surface area contributed by atoms with Crippen molar-refractivity contribution in [2.24, 2.45) is 0 Å². The monoisotopic (exact) mass is 289 g/mol. The molecule has 1 saturated carbocycles. The van der Waals surface area contributed by atoms with Crippen LogP contribution in [0, 0.1) is 0 Å². The van der Waals surface area contributed by atoms with Crippen LogP contribution in [0.25, 0.3) is 0 Å². The maximum atomic E-state index is 6.14. The van der Waals surface area contributed by atoms with Crippen LogP contribution in [0.4, 0.5) is 0 Å². The number of hydrogen-bond acceptors (Lipinski definition) is 3. The lowest BCUT2D eigenvalue weighted by Gasteiger charge is -2.43. The Hall–Kier alpha value is -1.06. The highest BCUT2D eigenvalue weighted by Gasteiger charge is 2.38. The lowest BCUT2D eigenvalue weighted by molar-refractivity contribution is -0.109. The predicted octanol–water partition coefficient (Wildman–Crippen LogP) is 3.54. The highest BCUT2D eigenvalue weighted by Crippen LogP contribution is 2.38. The Morgan fingerprint density at radius 3 is 2.76 bits per heavy atom. The summed E-state index contributed by atoms with van der Waals surface area (Å²) in [6.07, 6.45) is 8.88. The first kappa shape index (κ1) is 14.9. The van der Waals surface area contributed by atoms with Crippen LogP contribution >= 0.6 is 0 Å². The smallest absolute Gasteiger partial charge is 0.119 e. The first-order chi connectivity index (χ1) is 10.4. The maximum Gasteiger partial charge on any atom is 0.119 e. The van der Waals surface area contributed by atoms with E-state index < -0.39 is 0 Å². The van der Waals surface area contributed by atoms with Gasteiger partial charge >= 0.3 is 0 Å². The molecule has 3 nitrogen and oxygen atoms in total. The molecule has 1 aromatic rings. The van der Waals surface area contributed by atoms with Gasteiger partial charge in [-0.1, -0.05) is 37.5 Å². The molecule has 21 heavy (non-hydrogen) atoms. The van der Waals surface area contributed by atoms with E-state index in [-0.39, 0.29) is 5.60 Å². The van der Waals surface area contributed by atoms with E-state index in [2.05, 4.69) is 5.32 Å². The Morgan fingerprint density at radius 1 is 1.14 bits per heavy atom. The molecule has 1 aliphatic heterocycles. The first-order valence-electron chi connectivity index (χ1n) is 8.42. The number of para-hydroxylation sites is 1. The summed E-state index contributed by atoms with van der Waals surface area (Å²) in [5.41, 5.74) is 0.189. The minimum absolute atomic E-state index is 0.189. The Balaban J connectivity index is 1.39. The summed E-state index contributed by atoms with van der Waals surface area (Å²) in [5.74, 6) is 0.954. The van der Waals surface area contributed by atoms with Crippen molar-refractivity contribution in [2.75, 3.05) is 19.8 Å². The molecule has 0 radical (unpaired) electrons. The topological polar surface area (TPSA) is 30.5 Å². The molecule has 0 aromatic heterocycles. The van der Waals surface area contributed by atoms with Crippen molar-refractivity contribution >= 4 is 0 Å². The highest BCUT2D eigenvalue weighted by molar-refractivity contribution is 5.20. The fourth-order valence-electron chi connectivity index (χ4n) is 3.70. The summed E-state index contributed by atoms with van der Waals surface area (Å²) < 4.78 is 11.9. The number of ether oxygens (including phenoxy) is 2. The summed E-state index contributed by atoms with van der Waals surface area (Å²) in [7, 11) is 0. The zero-order valence-corrected chi connectivity index (χ0v) is 12.9. The van der Waals surface area contributed by atoms with Gasteiger partial charge in [-0.2, -0.15) is 0 Å². The minimum atomic E-state index is 0.189. The molecular weight excluding hydrogens is 262 g/mol. The predicted molar refractivity (Wildman–Crippen MR) is 84.7 cm³/mol. The quantitative estimate of drug-likeness (QED) is 0.841. The van der Waals surface area contributed by atoms with Crippen molar-refractivity contribution in [1.82, 2.24) is 5.32 Å². The van der Waals surface area contributed by atoms with E-state index in [1.807, 2.05) is 30.3 Å². The zero-order chi connectivity index (χ0) is 14.4. The summed E-state index contributed by atoms with van der Waals surface area (Å²) in [4.78, 5) is 0. The second kappa shape index (κ2) is 7.28. The van der Waals surface area contributed by atoms with Crippen molar-refractivity contribution in [1.29, 1.82) is 0 Å². The lowest BCUT2D eigenvalue weighted by atomic mass is 9.78. The highest BCUT2D eigenvalue weighted by atomic mass is 16.5. The Morgan fingerprint density at radius 2 is 1.95 bits per heavy atom. The van der Waals surface area contributed by atoms with Gasteiger partial charge in [0.2, 0.25) is 0 Å². The molecule has 1 N–H and O–H groups in total. The van der Waals surface area contributed by atoms with Crippen molar-refractivity contribution < 1.29 is 9.47 Å². The van der Waals surface area contributed by atoms with Crippen LogP contribution in [-0.4, -0.2) is 31.4 Å². The number of nitrogens with one attached hydrogen (secondary N) is 1. The molecule has 1 saturated heterocycles. The van der Waals surface area contributed by atoms with Crippen LogP contribution in [0.3, 0.4) is 0 Å². The summed E-state index contributed by atoms with van der Waals surface area (Å²) in [6.45, 7) is 2.56. The maximum absolute atomic E-state index is 6.14. The molecule has 1 aromatic carbocycles. The number of hydrogen-bond donors (Lipinski definition) is 1. The van der Waals surface area contributed by atoms with Gasteiger partial charge in [0.05, 0.1) is 5.60 Å². The first-order valence-corrected chi connectivity index (χ1v) is 8.42. The van der Waals surface area contributed by atoms with Gasteiger partial charge in [-0.3, -0.25) is 0 Å². The molecule has 3 heteroatoms. The summed E-state index contributed by atoms with van der Waals surface area (Å²) >= 11 is 0. The van der Waals surface area contributed by atoms with Crippen molar-refractivity contribution in [2.45, 2.75) is 56.6 Å². The van der Waals surface area contributed by atoms with Gasteiger partial charge in [0, 0.05) is 19.2 Å². The lowest BCUT2D eigenvalue weighted by Crippen LogP contribution is -2.48. The molecule has 0 amide bonds. The summed E-state index contributed by atoms with van der Waals surface area (Å²) in [5, 5.41) is 3.66. The Labute approximate surface area is 128 Å². The molecule has 1 heterocycles. The summed E-state index contributed by atoms with van der Waals surface area (Å²) in [6, 6.07) is 10.6. The van der Waals surface area contributed by atoms with E-state index in [1.165, 1.54) is 38.5 Å². The molecule has 1 spiro atoms. The fourth-order valence-corrected chi connectivity index (χ4v) is 3.70. The van der Waals surface area contributed by atoms with Crippen molar-refractivity contribution in [3.8, 4) is 5.75 Å². The van der Waals surface area contributed by atoms with Crippen LogP contribution in [-0.2, 0) is 4.74 Å². The van der Waals surface area contributed by atoms with E-state index in [0.717, 1.165) is 31.9 Å². The van der Waals surface area contributed by atoms with Gasteiger partial charge in [0.1, 0.15) is 12.4 Å². The Bertz CT molecular complexity index is 409. The molecule has 1 aliphatic carbocycles. The zero-order valence-electron chi connectivity index (χ0n) is 12.9. The average Bonchev–Trinajstić information content (AvgIpc) is 2.54. The van der Waals surface area contributed by atoms with E-state index in [0.29, 0.717) is 6.04 Å². The third kappa shape index (κ3) is 4.21. The van der Waals surface area contributed by atoms with E-state index in [9.17, 15) is 0 Å². The third-order valence-corrected chi connectivity index (χ3v) is 4.80. The van der Waals surface area contributed by atoms with Gasteiger partial charge in [0.15, 0.2) is 0 Å². The van der Waals surface area contributed by atoms with E-state index in [4.69, 9.17) is 9.47 Å². The molecule has 1 atom stereocenters. The normalized spacial score (nSPS) is 24.9. The van der Waals surface area contributed by atoms with Gasteiger partial charge in [-0.25, -0.2) is 0 Å². The minimum Gasteiger partial charge on any atom is -0.492 e. The van der Waals surface area contributed by atoms with Crippen LogP contribution in [0.2, 0.25) is 0 Å². The standard InChI is InChI=1S/C18H27NO2/c1-3-7-17(8-4-1)20-14-12-19-16-9-13-21-18(15-16)10-5-2-6-11-18/h1,3-4,7-8,16,19H,2,5-6,9-15H2. The van der Waals surface area contributed by atoms with Gasteiger partial charge in [0.25, 0.3) is 0 Å². The fraction of sp³-hybridized carbons (Fsp3) is 0.667. The molecule has 116 valence electrons. The second-order valence-electron chi connectivity index (χ2n) is 6.40. The molecule has 0 bridgehead atoms. The van der Waals surface area contributed by atoms with Crippen molar-refractivity contribution in [3.63, 3.8) is 0 Å². The number of rotatable bonds is 5. The van der Waals surface area contributed by atoms with E-state index >= 15 is 0 Å². The van der Waals surface area contributed by atoms with Gasteiger partial charge < -0.3 is 14.8 Å². The van der Waals surface area contributed by atoms with Crippen LogP contribution in [0.15, 0.2) is 30.3 Å². The number of benzene rings is 1. The second-order valence-corrected chi connectivity index (χ2v) is 6.40. The molecule has 3 rings (SSSR count). The molecule has 2 aliphatic rings. The van der Waals surface area contributed by atoms with E-state index in [1.54, 1.807) is 0 Å².